The lowest BCUT2D eigenvalue weighted by atomic mass is 9.97. The second kappa shape index (κ2) is 30.0. The van der Waals surface area contributed by atoms with Crippen LogP contribution in [0.25, 0.3) is 133 Å². The third kappa shape index (κ3) is 14.3. The molecule has 12 aromatic heterocycles. The average molecular weight is 1410 g/mol. The van der Waals surface area contributed by atoms with Gasteiger partial charge < -0.3 is 17.7 Å². The van der Waals surface area contributed by atoms with E-state index in [2.05, 4.69) is 333 Å². The smallest absolute Gasteiger partial charge is 0.227 e. The Morgan fingerprint density at radius 2 is 0.585 bits per heavy atom. The summed E-state index contributed by atoms with van der Waals surface area (Å²) >= 11 is 0. The Labute approximate surface area is 624 Å². The first-order chi connectivity index (χ1) is 50.7. The molecule has 0 saturated carbocycles. The summed E-state index contributed by atoms with van der Waals surface area (Å²) < 4.78 is 33.9. The van der Waals surface area contributed by atoms with E-state index < -0.39 is 0 Å². The van der Waals surface area contributed by atoms with Crippen molar-refractivity contribution in [1.29, 1.82) is 0 Å². The molecule has 0 radical (unpaired) electrons. The quantitative estimate of drug-likeness (QED) is 0.111. The molecule has 540 valence electrons. The Balaban J connectivity index is 0.000000125. The Bertz CT molecular complexity index is 6010. The van der Waals surface area contributed by atoms with Gasteiger partial charge in [-0.25, -0.2) is 38.2 Å². The molecule has 0 aliphatic carbocycles. The van der Waals surface area contributed by atoms with Crippen LogP contribution in [-0.2, 0) is 41.0 Å². The minimum Gasteiger partial charge on any atom is -0.437 e. The fourth-order valence-corrected chi connectivity index (χ4v) is 14.6. The van der Waals surface area contributed by atoms with E-state index >= 15 is 0 Å². The molecule has 0 atom stereocenters. The number of benzene rings is 4. The van der Waals surface area contributed by atoms with E-state index in [9.17, 15) is 0 Å². The first kappa shape index (κ1) is 73.6. The van der Waals surface area contributed by atoms with Crippen molar-refractivity contribution in [3.05, 3.63) is 238 Å². The van der Waals surface area contributed by atoms with Gasteiger partial charge in [0.15, 0.2) is 47.1 Å². The van der Waals surface area contributed by atoms with E-state index in [0.717, 1.165) is 140 Å². The maximum atomic E-state index is 6.37. The monoisotopic (exact) mass is 1410 g/mol. The summed E-state index contributed by atoms with van der Waals surface area (Å²) in [4.78, 5) is 18.8. The summed E-state index contributed by atoms with van der Waals surface area (Å²) in [5.41, 5.74) is 30.3. The van der Waals surface area contributed by atoms with Crippen LogP contribution < -0.4 is 18.3 Å². The van der Waals surface area contributed by atoms with Gasteiger partial charge >= 0.3 is 0 Å². The van der Waals surface area contributed by atoms with Gasteiger partial charge in [0.2, 0.25) is 45.6 Å². The number of hydrogen-bond acceptors (Lipinski definition) is 8. The van der Waals surface area contributed by atoms with Gasteiger partial charge in [-0.05, 0) is 176 Å². The normalized spacial score (nSPS) is 11.9. The second-order valence-electron chi connectivity index (χ2n) is 31.2. The maximum Gasteiger partial charge on any atom is 0.227 e. The van der Waals surface area contributed by atoms with Crippen molar-refractivity contribution >= 4 is 88.3 Å². The first-order valence-corrected chi connectivity index (χ1v) is 37.9. The zero-order valence-electron chi connectivity index (χ0n) is 66.3. The number of pyridine rings is 8. The number of furan rings is 4. The lowest BCUT2D eigenvalue weighted by molar-refractivity contribution is -0.660. The van der Waals surface area contributed by atoms with Crippen molar-refractivity contribution in [2.24, 2.45) is 34.1 Å². The average Bonchev–Trinajstić information content (AvgIpc) is 1.60. The van der Waals surface area contributed by atoms with Crippen LogP contribution in [0.2, 0.25) is 0 Å². The molecule has 0 aliphatic heterocycles. The minimum atomic E-state index is 0.379. The number of rotatable bonds is 12. The van der Waals surface area contributed by atoms with Crippen LogP contribution >= 0.6 is 0 Å². The van der Waals surface area contributed by atoms with Crippen molar-refractivity contribution in [3.63, 3.8) is 0 Å². The molecule has 0 spiro atoms. The molecule has 0 fully saturated rings. The first-order valence-electron chi connectivity index (χ1n) is 37.9. The Morgan fingerprint density at radius 1 is 0.302 bits per heavy atom. The van der Waals surface area contributed by atoms with Crippen molar-refractivity contribution < 1.29 is 35.9 Å². The summed E-state index contributed by atoms with van der Waals surface area (Å²) in [6.45, 7) is 39.3. The van der Waals surface area contributed by atoms with Gasteiger partial charge in [0, 0.05) is 114 Å². The van der Waals surface area contributed by atoms with Gasteiger partial charge in [-0.3, -0.25) is 0 Å². The summed E-state index contributed by atoms with van der Waals surface area (Å²) in [6, 6.07) is 52.2. The molecule has 0 aliphatic rings. The van der Waals surface area contributed by atoms with Gasteiger partial charge in [0.25, 0.3) is 0 Å². The van der Waals surface area contributed by atoms with Crippen LogP contribution in [0, 0.1) is 40.5 Å². The topological polar surface area (TPSA) is 120 Å². The van der Waals surface area contributed by atoms with Crippen LogP contribution in [0.5, 0.6) is 0 Å². The van der Waals surface area contributed by atoms with E-state index in [1.165, 1.54) is 67.3 Å². The van der Waals surface area contributed by atoms with E-state index in [0.29, 0.717) is 41.2 Å². The Kier molecular flexibility index (Phi) is 20.8. The molecule has 16 aromatic rings. The number of aromatic nitrogens is 8. The zero-order chi connectivity index (χ0) is 75.4. The molecule has 0 saturated heterocycles. The van der Waals surface area contributed by atoms with E-state index in [4.69, 9.17) is 32.6 Å². The minimum absolute atomic E-state index is 0.379. The SMILES string of the molecule is CCc1ccc2c(n1)oc1c(-c3cc(C(C)C)cc[n+]3C)c(C)ccc12.Cc1ccc2c(n1)oc1c(-c3cc(C(C)C)cc[n+]3C)c(C)ccc12.Cc1ccc2c(oc3nc(C(C)C)ccc32)c1-c1cc(C(C)C)cc[n+]1C.Cc1ccc2c(oc3nc(CC(C)C)ccc32)c1-c1cc(C(C)C)cc[n+]1C. The van der Waals surface area contributed by atoms with Crippen molar-refractivity contribution in [3.8, 4) is 45.0 Å². The van der Waals surface area contributed by atoms with Crippen LogP contribution in [0.15, 0.2) is 188 Å². The summed E-state index contributed by atoms with van der Waals surface area (Å²) in [6.07, 6.45) is 10.4. The molecule has 4 aromatic carbocycles. The van der Waals surface area contributed by atoms with Gasteiger partial charge in [-0.2, -0.15) is 0 Å². The molecular weight excluding hydrogens is 1310 g/mol. The molecule has 106 heavy (non-hydrogen) atoms. The van der Waals surface area contributed by atoms with E-state index in [1.54, 1.807) is 0 Å². The zero-order valence-corrected chi connectivity index (χ0v) is 66.3. The number of aryl methyl sites for hydroxylation is 10. The third-order valence-electron chi connectivity index (χ3n) is 21.1. The van der Waals surface area contributed by atoms with Crippen molar-refractivity contribution in [2.75, 3.05) is 0 Å². The number of fused-ring (bicyclic) bond motifs is 12. The fraction of sp³-hybridized carbons (Fsp3) is 0.319. The largest absolute Gasteiger partial charge is 0.437 e. The Hall–Kier alpha value is -10.7. The van der Waals surface area contributed by atoms with Gasteiger partial charge in [0.1, 0.15) is 28.2 Å². The van der Waals surface area contributed by atoms with Crippen LogP contribution in [0.4, 0.5) is 0 Å². The summed E-state index contributed by atoms with van der Waals surface area (Å²) in [7, 11) is 8.37. The molecule has 0 unspecified atom stereocenters. The van der Waals surface area contributed by atoms with Gasteiger partial charge in [0.05, 0.1) is 22.3 Å². The molecule has 16 rings (SSSR count). The summed E-state index contributed by atoms with van der Waals surface area (Å²) in [5, 5.41) is 8.84. The molecule has 12 nitrogen and oxygen atoms in total. The molecule has 0 amide bonds. The highest BCUT2D eigenvalue weighted by atomic mass is 16.4. The van der Waals surface area contributed by atoms with Crippen molar-refractivity contribution in [2.45, 2.75) is 167 Å². The molecular formula is C94H104N8O4+4. The standard InChI is InChI=1S/C25H29N2O.C24H27N2O.C23H25N2O.C22H23N2O/c1-15(2)13-19-8-10-21-20-9-7-17(5)23(24(20)28-25(21)26-19)22-14-18(16(3)4)11-12-27(22)6;1-14(2)17-11-12-26(6)21(13-17)22-16(5)7-8-18-19-9-10-20(15(3)4)25-24(19)27-23(18)22;1-6-17-8-10-19-18-9-7-15(4)21(22(18)26-23(19)24-17)20-13-16(14(2)3)11-12-25(20)5;1-13(2)16-10-11-24(5)19(12-16)20-14(3)6-8-17-18-9-7-15(4)23-22(18)25-21(17)20/h7-12,14-16H,13H2,1-6H3;7-15H,1-6H3;7-14H,6H2,1-5H3;6-13H,1-5H3/q4*+1. The Morgan fingerprint density at radius 3 is 0.896 bits per heavy atom. The van der Waals surface area contributed by atoms with Crippen molar-refractivity contribution in [1.82, 2.24) is 19.9 Å². The summed E-state index contributed by atoms with van der Waals surface area (Å²) in [5.74, 6) is 2.89. The maximum absolute atomic E-state index is 6.37. The predicted molar refractivity (Wildman–Crippen MR) is 435 cm³/mol. The highest BCUT2D eigenvalue weighted by Gasteiger charge is 2.28. The highest BCUT2D eigenvalue weighted by Crippen LogP contribution is 2.42. The number of nitrogens with zero attached hydrogens (tertiary/aromatic N) is 8. The lowest BCUT2D eigenvalue weighted by Gasteiger charge is -2.09. The molecule has 0 bridgehead atoms. The lowest BCUT2D eigenvalue weighted by Crippen LogP contribution is -2.31. The highest BCUT2D eigenvalue weighted by molar-refractivity contribution is 6.12. The molecule has 12 heteroatoms. The fourth-order valence-electron chi connectivity index (χ4n) is 14.6. The van der Waals surface area contributed by atoms with Crippen LogP contribution in [0.1, 0.15) is 187 Å². The number of hydrogen-bond donors (Lipinski definition) is 0. The van der Waals surface area contributed by atoms with Gasteiger partial charge in [-0.15, -0.1) is 0 Å². The van der Waals surface area contributed by atoms with Crippen LogP contribution in [-0.4, -0.2) is 19.9 Å². The second-order valence-corrected chi connectivity index (χ2v) is 31.2. The molecule has 0 N–H and O–H groups in total. The van der Waals surface area contributed by atoms with Gasteiger partial charge in [-0.1, -0.05) is 139 Å². The third-order valence-corrected chi connectivity index (χ3v) is 21.1. The van der Waals surface area contributed by atoms with E-state index in [1.807, 2.05) is 13.0 Å². The molecule has 12 heterocycles. The predicted octanol–water partition coefficient (Wildman–Crippen LogP) is 22.8. The van der Waals surface area contributed by atoms with E-state index in [-0.39, 0.29) is 0 Å². The van der Waals surface area contributed by atoms with Crippen LogP contribution in [0.3, 0.4) is 0 Å².